The smallest absolute Gasteiger partial charge is 0.261 e. The van der Waals surface area contributed by atoms with Gasteiger partial charge >= 0.3 is 0 Å². The van der Waals surface area contributed by atoms with Crippen molar-refractivity contribution < 1.29 is 16.8 Å². The third kappa shape index (κ3) is 4.78. The summed E-state index contributed by atoms with van der Waals surface area (Å²) in [7, 11) is -7.72. The molecule has 0 saturated carbocycles. The number of hydrogen-bond donors (Lipinski definition) is 4. The van der Waals surface area contributed by atoms with Crippen LogP contribution in [0.1, 0.15) is 16.8 Å². The Balaban J connectivity index is 1.62. The zero-order chi connectivity index (χ0) is 26.5. The quantitative estimate of drug-likeness (QED) is 0.195. The van der Waals surface area contributed by atoms with E-state index in [-0.39, 0.29) is 15.6 Å². The number of nitrogens with two attached hydrogens (primary N) is 2. The highest BCUT2D eigenvalue weighted by atomic mass is 79.9. The zero-order valence-corrected chi connectivity index (χ0v) is 22.4. The average Bonchev–Trinajstić information content (AvgIpc) is 3.24. The second-order valence-corrected chi connectivity index (χ2v) is 12.6. The Morgan fingerprint density at radius 1 is 0.946 bits per heavy atom. The Hall–Kier alpha value is -3.52. The number of nitrogens with one attached hydrogen (secondary N) is 2. The van der Waals surface area contributed by atoms with Gasteiger partial charge in [-0.15, -0.1) is 0 Å². The molecule has 1 aromatic heterocycles. The molecule has 10 nitrogen and oxygen atoms in total. The first-order chi connectivity index (χ1) is 17.4. The van der Waals surface area contributed by atoms with Crippen LogP contribution in [0.15, 0.2) is 81.0 Å². The first-order valence-electron chi connectivity index (χ1n) is 11.0. The SMILES string of the molecule is N=C(N)c1nn(-c2ccc(S(N)(=O)=O)cc2)c2c1CCc1ccc(NS(=O)(=O)c3ccc(Br)cc3)cc1-2. The number of benzene rings is 3. The van der Waals surface area contributed by atoms with Crippen molar-refractivity contribution >= 4 is 47.5 Å². The summed E-state index contributed by atoms with van der Waals surface area (Å²) in [6, 6.07) is 17.5. The fourth-order valence-electron chi connectivity index (χ4n) is 4.31. The van der Waals surface area contributed by atoms with Gasteiger partial charge in [-0.3, -0.25) is 10.1 Å². The maximum atomic E-state index is 13.0. The largest absolute Gasteiger partial charge is 0.382 e. The molecule has 0 radical (unpaired) electrons. The highest BCUT2D eigenvalue weighted by Gasteiger charge is 2.28. The summed E-state index contributed by atoms with van der Waals surface area (Å²) in [5, 5.41) is 17.8. The summed E-state index contributed by atoms with van der Waals surface area (Å²) in [4.78, 5) is 0.0714. The van der Waals surface area contributed by atoms with E-state index in [1.807, 2.05) is 6.07 Å². The van der Waals surface area contributed by atoms with Crippen LogP contribution in [0.25, 0.3) is 16.9 Å². The summed E-state index contributed by atoms with van der Waals surface area (Å²) in [6.45, 7) is 0. The molecule has 0 fully saturated rings. The Labute approximate surface area is 222 Å². The molecule has 0 unspecified atom stereocenters. The number of anilines is 1. The Morgan fingerprint density at radius 2 is 1.59 bits per heavy atom. The highest BCUT2D eigenvalue weighted by molar-refractivity contribution is 9.10. The number of halogens is 1. The maximum absolute atomic E-state index is 13.0. The van der Waals surface area contributed by atoms with E-state index in [1.165, 1.54) is 24.3 Å². The summed E-state index contributed by atoms with van der Waals surface area (Å²) in [5.41, 5.74) is 10.1. The van der Waals surface area contributed by atoms with Crippen molar-refractivity contribution in [3.8, 4) is 16.9 Å². The monoisotopic (exact) mass is 600 g/mol. The van der Waals surface area contributed by atoms with Gasteiger partial charge in [0.1, 0.15) is 11.5 Å². The summed E-state index contributed by atoms with van der Waals surface area (Å²) in [5.74, 6) is -0.202. The van der Waals surface area contributed by atoms with Gasteiger partial charge in [-0.1, -0.05) is 22.0 Å². The van der Waals surface area contributed by atoms with E-state index in [9.17, 15) is 16.8 Å². The number of hydrogen-bond acceptors (Lipinski definition) is 6. The van der Waals surface area contributed by atoms with E-state index in [1.54, 1.807) is 41.1 Å². The molecule has 3 aromatic carbocycles. The molecule has 6 N–H and O–H groups in total. The van der Waals surface area contributed by atoms with Crippen molar-refractivity contribution in [1.82, 2.24) is 9.78 Å². The number of aryl methyl sites for hydroxylation is 1. The van der Waals surface area contributed by atoms with E-state index in [0.29, 0.717) is 35.6 Å². The van der Waals surface area contributed by atoms with E-state index in [0.717, 1.165) is 21.2 Å². The second kappa shape index (κ2) is 9.10. The van der Waals surface area contributed by atoms with Crippen LogP contribution in [0.2, 0.25) is 0 Å². The van der Waals surface area contributed by atoms with Crippen molar-refractivity contribution in [2.24, 2.45) is 10.9 Å². The molecule has 1 aliphatic carbocycles. The Kier molecular flexibility index (Phi) is 6.18. The van der Waals surface area contributed by atoms with Crippen LogP contribution in [-0.2, 0) is 32.9 Å². The number of rotatable bonds is 6. The van der Waals surface area contributed by atoms with Gasteiger partial charge in [0.05, 0.1) is 21.2 Å². The number of aromatic nitrogens is 2. The predicted octanol–water partition coefficient (Wildman–Crippen LogP) is 3.13. The Bertz CT molecular complexity index is 1770. The molecule has 0 amide bonds. The lowest BCUT2D eigenvalue weighted by molar-refractivity contribution is 0.597. The normalized spacial score (nSPS) is 13.0. The highest BCUT2D eigenvalue weighted by Crippen LogP contribution is 2.38. The van der Waals surface area contributed by atoms with E-state index in [2.05, 4.69) is 25.8 Å². The topological polar surface area (TPSA) is 174 Å². The maximum Gasteiger partial charge on any atom is 0.261 e. The molecule has 13 heteroatoms. The molecular weight excluding hydrogens is 580 g/mol. The molecule has 0 atom stereocenters. The standard InChI is InChI=1S/C24H21BrN6O4S2/c25-15-3-8-19(9-4-15)37(34,35)30-16-5-1-14-2-12-20-22(24(26)27)29-31(23(20)21(14)13-16)17-6-10-18(11-7-17)36(28,32)33/h1,3-11,13,30H,2,12H2,(H3,26,27)(H2,28,32,33). The number of nitrogen functional groups attached to an aromatic ring is 1. The third-order valence-corrected chi connectivity index (χ3v) is 8.89. The minimum Gasteiger partial charge on any atom is -0.382 e. The van der Waals surface area contributed by atoms with Gasteiger partial charge < -0.3 is 5.73 Å². The molecule has 4 aromatic rings. The van der Waals surface area contributed by atoms with E-state index < -0.39 is 20.0 Å². The van der Waals surface area contributed by atoms with Gasteiger partial charge in [-0.2, -0.15) is 5.10 Å². The second-order valence-electron chi connectivity index (χ2n) is 8.47. The fourth-order valence-corrected chi connectivity index (χ4v) is 6.14. The van der Waals surface area contributed by atoms with Gasteiger partial charge in [0.2, 0.25) is 10.0 Å². The molecule has 5 rings (SSSR count). The third-order valence-electron chi connectivity index (χ3n) is 6.03. The van der Waals surface area contributed by atoms with Gasteiger partial charge in [0.25, 0.3) is 10.0 Å². The molecule has 0 bridgehead atoms. The van der Waals surface area contributed by atoms with Crippen LogP contribution in [0.5, 0.6) is 0 Å². The predicted molar refractivity (Wildman–Crippen MR) is 144 cm³/mol. The lowest BCUT2D eigenvalue weighted by Gasteiger charge is -2.20. The summed E-state index contributed by atoms with van der Waals surface area (Å²) >= 11 is 3.30. The van der Waals surface area contributed by atoms with Crippen LogP contribution >= 0.6 is 15.9 Å². The van der Waals surface area contributed by atoms with Gasteiger partial charge in [0, 0.05) is 21.3 Å². The van der Waals surface area contributed by atoms with Crippen molar-refractivity contribution in [1.29, 1.82) is 5.41 Å². The number of fused-ring (bicyclic) bond motifs is 3. The van der Waals surface area contributed by atoms with Gasteiger partial charge in [-0.25, -0.2) is 26.7 Å². The minimum atomic E-state index is -3.88. The average molecular weight is 602 g/mol. The lowest BCUT2D eigenvalue weighted by Crippen LogP contribution is -2.16. The van der Waals surface area contributed by atoms with E-state index in [4.69, 9.17) is 16.3 Å². The first-order valence-corrected chi connectivity index (χ1v) is 14.8. The van der Waals surface area contributed by atoms with Gasteiger partial charge in [-0.05, 0) is 79.1 Å². The molecule has 1 heterocycles. The lowest BCUT2D eigenvalue weighted by atomic mass is 9.88. The number of nitrogens with zero attached hydrogens (tertiary/aromatic N) is 2. The molecule has 0 aliphatic heterocycles. The van der Waals surface area contributed by atoms with Crippen molar-refractivity contribution in [2.75, 3.05) is 4.72 Å². The van der Waals surface area contributed by atoms with Crippen molar-refractivity contribution in [3.05, 3.63) is 88.0 Å². The van der Waals surface area contributed by atoms with Crippen molar-refractivity contribution in [2.45, 2.75) is 22.6 Å². The first kappa shape index (κ1) is 25.1. The molecule has 0 spiro atoms. The van der Waals surface area contributed by atoms with Gasteiger partial charge in [0.15, 0.2) is 0 Å². The molecule has 0 saturated heterocycles. The summed E-state index contributed by atoms with van der Waals surface area (Å²) < 4.78 is 54.3. The number of amidine groups is 1. The minimum absolute atomic E-state index is 0.0471. The number of primary sulfonamides is 1. The van der Waals surface area contributed by atoms with Crippen molar-refractivity contribution in [3.63, 3.8) is 0 Å². The Morgan fingerprint density at radius 3 is 2.22 bits per heavy atom. The molecule has 190 valence electrons. The van der Waals surface area contributed by atoms with Crippen LogP contribution in [0.4, 0.5) is 5.69 Å². The molecule has 37 heavy (non-hydrogen) atoms. The molecular formula is C24H21BrN6O4S2. The summed E-state index contributed by atoms with van der Waals surface area (Å²) in [6.07, 6.45) is 1.23. The van der Waals surface area contributed by atoms with Crippen LogP contribution in [0, 0.1) is 5.41 Å². The number of sulfonamides is 2. The fraction of sp³-hybridized carbons (Fsp3) is 0.0833. The van der Waals surface area contributed by atoms with E-state index >= 15 is 0 Å². The van der Waals surface area contributed by atoms with Crippen LogP contribution in [0.3, 0.4) is 0 Å². The van der Waals surface area contributed by atoms with Crippen LogP contribution < -0.4 is 15.6 Å². The van der Waals surface area contributed by atoms with Crippen LogP contribution in [-0.4, -0.2) is 32.5 Å². The zero-order valence-electron chi connectivity index (χ0n) is 19.1. The molecule has 1 aliphatic rings.